The van der Waals surface area contributed by atoms with E-state index in [9.17, 15) is 19.5 Å². The van der Waals surface area contributed by atoms with Crippen LogP contribution in [0.4, 0.5) is 4.79 Å². The van der Waals surface area contributed by atoms with Crippen molar-refractivity contribution in [2.75, 3.05) is 20.2 Å². The number of halogens is 1. The zero-order valence-electron chi connectivity index (χ0n) is 16.7. The Hall–Kier alpha value is -3.10. The van der Waals surface area contributed by atoms with Gasteiger partial charge in [-0.15, -0.1) is 12.4 Å². The largest absolute Gasteiger partial charge is 0.478 e. The van der Waals surface area contributed by atoms with Crippen LogP contribution in [0.2, 0.25) is 0 Å². The van der Waals surface area contributed by atoms with Crippen LogP contribution in [-0.2, 0) is 9.53 Å². The standard InChI is InChI=1S/C21H24N2O6.ClH/c1-3-28-21(27)23-12-11-17(22-2)20(26)29-18-10-5-4-9-16(18)14-7-6-8-15(13-14)19(24)25;/h4-10,13,17,22H,3,11-12H2,1-2H3,(H,23,27)(H,24,25);1H. The van der Waals surface area contributed by atoms with Crippen molar-refractivity contribution in [3.8, 4) is 16.9 Å². The lowest BCUT2D eigenvalue weighted by molar-refractivity contribution is -0.136. The highest BCUT2D eigenvalue weighted by Gasteiger charge is 2.20. The molecule has 2 aromatic carbocycles. The molecule has 2 aromatic rings. The Kier molecular flexibility index (Phi) is 10.4. The summed E-state index contributed by atoms with van der Waals surface area (Å²) in [7, 11) is 1.62. The van der Waals surface area contributed by atoms with Gasteiger partial charge in [0.2, 0.25) is 0 Å². The molecule has 1 unspecified atom stereocenters. The number of rotatable bonds is 9. The minimum atomic E-state index is -1.04. The highest BCUT2D eigenvalue weighted by atomic mass is 35.5. The number of para-hydroxylation sites is 1. The first-order chi connectivity index (χ1) is 14.0. The number of amides is 1. The van der Waals surface area contributed by atoms with Gasteiger partial charge in [-0.1, -0.05) is 30.3 Å². The van der Waals surface area contributed by atoms with Crippen LogP contribution < -0.4 is 15.4 Å². The molecular formula is C21H25ClN2O6. The molecule has 8 nitrogen and oxygen atoms in total. The number of esters is 1. The second kappa shape index (κ2) is 12.5. The SMILES string of the molecule is CCOC(=O)NCCC(NC)C(=O)Oc1ccccc1-c1cccc(C(=O)O)c1.Cl. The number of benzene rings is 2. The van der Waals surface area contributed by atoms with Gasteiger partial charge in [0.1, 0.15) is 11.8 Å². The van der Waals surface area contributed by atoms with Gasteiger partial charge in [0, 0.05) is 12.1 Å². The van der Waals surface area contributed by atoms with E-state index in [1.807, 2.05) is 0 Å². The van der Waals surface area contributed by atoms with Gasteiger partial charge >= 0.3 is 18.0 Å². The molecule has 2 rings (SSSR count). The van der Waals surface area contributed by atoms with E-state index in [1.54, 1.807) is 50.4 Å². The predicted octanol–water partition coefficient (Wildman–Crippen LogP) is 3.10. The van der Waals surface area contributed by atoms with Crippen LogP contribution in [0.3, 0.4) is 0 Å². The summed E-state index contributed by atoms with van der Waals surface area (Å²) in [5, 5.41) is 14.6. The average molecular weight is 437 g/mol. The number of carbonyl (C=O) groups excluding carboxylic acids is 2. The van der Waals surface area contributed by atoms with E-state index in [0.717, 1.165) is 0 Å². The zero-order chi connectivity index (χ0) is 21.2. The lowest BCUT2D eigenvalue weighted by Crippen LogP contribution is -2.40. The maximum atomic E-state index is 12.6. The van der Waals surface area contributed by atoms with E-state index in [0.29, 0.717) is 23.3 Å². The normalized spacial score (nSPS) is 11.0. The smallest absolute Gasteiger partial charge is 0.407 e. The maximum Gasteiger partial charge on any atom is 0.407 e. The minimum absolute atomic E-state index is 0. The molecule has 162 valence electrons. The first kappa shape index (κ1) is 24.9. The molecule has 1 amide bonds. The first-order valence-electron chi connectivity index (χ1n) is 9.18. The summed E-state index contributed by atoms with van der Waals surface area (Å²) in [5.41, 5.74) is 1.36. The van der Waals surface area contributed by atoms with Crippen molar-refractivity contribution in [2.24, 2.45) is 0 Å². The summed E-state index contributed by atoms with van der Waals surface area (Å²) < 4.78 is 10.3. The molecule has 0 radical (unpaired) electrons. The average Bonchev–Trinajstić information content (AvgIpc) is 2.72. The fourth-order valence-corrected chi connectivity index (χ4v) is 2.67. The number of alkyl carbamates (subject to hydrolysis) is 1. The zero-order valence-corrected chi connectivity index (χ0v) is 17.5. The van der Waals surface area contributed by atoms with Gasteiger partial charge in [0.25, 0.3) is 0 Å². The highest BCUT2D eigenvalue weighted by Crippen LogP contribution is 2.30. The molecule has 0 aliphatic carbocycles. The Labute approximate surface area is 181 Å². The number of carboxylic acids is 1. The number of ether oxygens (including phenoxy) is 2. The van der Waals surface area contributed by atoms with Crippen molar-refractivity contribution < 1.29 is 29.0 Å². The third kappa shape index (κ3) is 7.06. The van der Waals surface area contributed by atoms with Crippen LogP contribution in [0.25, 0.3) is 11.1 Å². The Morgan fingerprint density at radius 2 is 1.83 bits per heavy atom. The van der Waals surface area contributed by atoms with E-state index in [1.165, 1.54) is 12.1 Å². The molecule has 0 aliphatic rings. The molecule has 9 heteroatoms. The van der Waals surface area contributed by atoms with Gasteiger partial charge in [-0.25, -0.2) is 14.4 Å². The fraction of sp³-hybridized carbons (Fsp3) is 0.286. The molecule has 3 N–H and O–H groups in total. The Balaban J connectivity index is 0.00000450. The van der Waals surface area contributed by atoms with Gasteiger partial charge in [-0.2, -0.15) is 0 Å². The van der Waals surface area contributed by atoms with Crippen molar-refractivity contribution in [1.82, 2.24) is 10.6 Å². The van der Waals surface area contributed by atoms with Crippen LogP contribution in [-0.4, -0.2) is 49.4 Å². The van der Waals surface area contributed by atoms with Gasteiger partial charge < -0.3 is 25.2 Å². The molecule has 1 atom stereocenters. The third-order valence-corrected chi connectivity index (χ3v) is 4.13. The van der Waals surface area contributed by atoms with Crippen LogP contribution in [0.5, 0.6) is 5.75 Å². The predicted molar refractivity (Wildman–Crippen MR) is 114 cm³/mol. The fourth-order valence-electron chi connectivity index (χ4n) is 2.67. The third-order valence-electron chi connectivity index (χ3n) is 4.13. The molecule has 0 fully saturated rings. The summed E-state index contributed by atoms with van der Waals surface area (Å²) >= 11 is 0. The van der Waals surface area contributed by atoms with E-state index in [2.05, 4.69) is 10.6 Å². The molecule has 0 aliphatic heterocycles. The first-order valence-corrected chi connectivity index (χ1v) is 9.18. The summed E-state index contributed by atoms with van der Waals surface area (Å²) in [4.78, 5) is 35.2. The van der Waals surface area contributed by atoms with Crippen LogP contribution in [0.15, 0.2) is 48.5 Å². The lowest BCUT2D eigenvalue weighted by atomic mass is 10.0. The quantitative estimate of drug-likeness (QED) is 0.408. The van der Waals surface area contributed by atoms with E-state index < -0.39 is 24.1 Å². The van der Waals surface area contributed by atoms with Crippen LogP contribution in [0.1, 0.15) is 23.7 Å². The van der Waals surface area contributed by atoms with Crippen molar-refractivity contribution in [1.29, 1.82) is 0 Å². The van der Waals surface area contributed by atoms with Crippen molar-refractivity contribution in [3.05, 3.63) is 54.1 Å². The number of carbonyl (C=O) groups is 3. The van der Waals surface area contributed by atoms with E-state index in [-0.39, 0.29) is 31.1 Å². The number of carboxylic acid groups (broad SMARTS) is 1. The monoisotopic (exact) mass is 436 g/mol. The van der Waals surface area contributed by atoms with Crippen LogP contribution >= 0.6 is 12.4 Å². The Morgan fingerprint density at radius 3 is 2.50 bits per heavy atom. The van der Waals surface area contributed by atoms with Crippen molar-refractivity contribution >= 4 is 30.4 Å². The van der Waals surface area contributed by atoms with Crippen molar-refractivity contribution in [2.45, 2.75) is 19.4 Å². The van der Waals surface area contributed by atoms with Gasteiger partial charge in [0.15, 0.2) is 0 Å². The van der Waals surface area contributed by atoms with Gasteiger partial charge in [-0.05, 0) is 44.2 Å². The van der Waals surface area contributed by atoms with Crippen LogP contribution in [0, 0.1) is 0 Å². The minimum Gasteiger partial charge on any atom is -0.478 e. The number of aromatic carboxylic acids is 1. The molecule has 0 aromatic heterocycles. The second-order valence-electron chi connectivity index (χ2n) is 6.08. The lowest BCUT2D eigenvalue weighted by Gasteiger charge is -2.17. The molecule has 0 spiro atoms. The number of likely N-dealkylation sites (N-methyl/N-ethyl adjacent to an activating group) is 1. The summed E-state index contributed by atoms with van der Waals surface area (Å²) in [5.74, 6) is -1.23. The maximum absolute atomic E-state index is 12.6. The number of hydrogen-bond donors (Lipinski definition) is 3. The molecule has 0 heterocycles. The molecular weight excluding hydrogens is 412 g/mol. The topological polar surface area (TPSA) is 114 Å². The number of hydrogen-bond acceptors (Lipinski definition) is 6. The van der Waals surface area contributed by atoms with Crippen molar-refractivity contribution in [3.63, 3.8) is 0 Å². The summed E-state index contributed by atoms with van der Waals surface area (Å²) in [6, 6.07) is 12.7. The second-order valence-corrected chi connectivity index (χ2v) is 6.08. The molecule has 0 saturated heterocycles. The highest BCUT2D eigenvalue weighted by molar-refractivity contribution is 5.90. The van der Waals surface area contributed by atoms with Gasteiger partial charge in [-0.3, -0.25) is 0 Å². The molecule has 0 saturated carbocycles. The van der Waals surface area contributed by atoms with E-state index in [4.69, 9.17) is 9.47 Å². The summed E-state index contributed by atoms with van der Waals surface area (Å²) in [6.45, 7) is 2.21. The molecule has 30 heavy (non-hydrogen) atoms. The number of nitrogens with one attached hydrogen (secondary N) is 2. The molecule has 0 bridgehead atoms. The Bertz CT molecular complexity index is 874. The van der Waals surface area contributed by atoms with Gasteiger partial charge in [0.05, 0.1) is 12.2 Å². The Morgan fingerprint density at radius 1 is 1.10 bits per heavy atom. The summed E-state index contributed by atoms with van der Waals surface area (Å²) in [6.07, 6.45) is -0.232. The van der Waals surface area contributed by atoms with E-state index >= 15 is 0 Å².